The van der Waals surface area contributed by atoms with Crippen LogP contribution in [0.25, 0.3) is 0 Å². The van der Waals surface area contributed by atoms with Gasteiger partial charge in [-0.2, -0.15) is 0 Å². The molecule has 3 atom stereocenters. The third kappa shape index (κ3) is 66.6. The van der Waals surface area contributed by atoms with E-state index in [1.807, 2.05) is 27.2 Å². The zero-order chi connectivity index (χ0) is 59.1. The molecular weight excluding hydrogens is 1020 g/mol. The fourth-order valence-electron chi connectivity index (χ4n) is 11.6. The number of unbranched alkanes of at least 4 members (excludes halogenated alkanes) is 56. The summed E-state index contributed by atoms with van der Waals surface area (Å²) in [5, 5.41) is 14.0. The van der Waals surface area contributed by atoms with Gasteiger partial charge in [-0.1, -0.05) is 379 Å². The maximum Gasteiger partial charge on any atom is 0.472 e. The third-order valence-electron chi connectivity index (χ3n) is 17.3. The number of carbonyl (C=O) groups excluding carboxylic acids is 1. The lowest BCUT2D eigenvalue weighted by molar-refractivity contribution is -0.870. The van der Waals surface area contributed by atoms with Crippen LogP contribution < -0.4 is 5.32 Å². The van der Waals surface area contributed by atoms with Crippen molar-refractivity contribution in [3.63, 3.8) is 0 Å². The van der Waals surface area contributed by atoms with Gasteiger partial charge in [-0.15, -0.1) is 0 Å². The van der Waals surface area contributed by atoms with Gasteiger partial charge in [-0.3, -0.25) is 13.8 Å². The highest BCUT2D eigenvalue weighted by Crippen LogP contribution is 2.43. The second-order valence-corrected chi connectivity index (χ2v) is 28.1. The van der Waals surface area contributed by atoms with Crippen LogP contribution >= 0.6 is 7.82 Å². The molecule has 0 aliphatic heterocycles. The molecule has 8 nitrogen and oxygen atoms in total. The minimum absolute atomic E-state index is 0.0654. The van der Waals surface area contributed by atoms with Crippen molar-refractivity contribution in [2.24, 2.45) is 0 Å². The first-order valence-electron chi connectivity index (χ1n) is 36.6. The number of allylic oxidation sites excluding steroid dienone is 1. The minimum atomic E-state index is -4.35. The van der Waals surface area contributed by atoms with Gasteiger partial charge >= 0.3 is 7.82 Å². The lowest BCUT2D eigenvalue weighted by Gasteiger charge is -2.25. The van der Waals surface area contributed by atoms with E-state index < -0.39 is 20.0 Å². The number of quaternary nitrogens is 1. The third-order valence-corrected chi connectivity index (χ3v) is 18.2. The van der Waals surface area contributed by atoms with E-state index in [9.17, 15) is 19.4 Å². The second-order valence-electron chi connectivity index (χ2n) is 26.7. The highest BCUT2D eigenvalue weighted by atomic mass is 31.2. The predicted octanol–water partition coefficient (Wildman–Crippen LogP) is 23.3. The molecule has 0 spiro atoms. The van der Waals surface area contributed by atoms with E-state index in [-0.39, 0.29) is 19.1 Å². The summed E-state index contributed by atoms with van der Waals surface area (Å²) in [6.45, 7) is 4.88. The molecule has 0 radical (unpaired) electrons. The molecule has 0 aliphatic carbocycles. The molecule has 3 unspecified atom stereocenters. The molecule has 0 heterocycles. The normalized spacial score (nSPS) is 13.6. The Morgan fingerprint density at radius 3 is 0.914 bits per heavy atom. The highest BCUT2D eigenvalue weighted by Gasteiger charge is 2.28. The number of carbonyl (C=O) groups is 1. The van der Waals surface area contributed by atoms with Crippen LogP contribution in [0.2, 0.25) is 0 Å². The van der Waals surface area contributed by atoms with E-state index in [0.717, 1.165) is 32.1 Å². The first-order valence-corrected chi connectivity index (χ1v) is 38.1. The summed E-state index contributed by atoms with van der Waals surface area (Å²) in [7, 11) is 1.59. The number of amides is 1. The van der Waals surface area contributed by atoms with E-state index in [4.69, 9.17) is 9.05 Å². The molecule has 484 valence electrons. The number of aliphatic hydroxyl groups excluding tert-OH is 1. The number of hydrogen-bond acceptors (Lipinski definition) is 5. The van der Waals surface area contributed by atoms with E-state index >= 15 is 0 Å². The van der Waals surface area contributed by atoms with Crippen LogP contribution in [0.5, 0.6) is 0 Å². The Morgan fingerprint density at radius 1 is 0.407 bits per heavy atom. The number of phosphoric acid groups is 1. The average Bonchev–Trinajstić information content (AvgIpc) is 3.43. The van der Waals surface area contributed by atoms with E-state index in [2.05, 4.69) is 19.2 Å². The van der Waals surface area contributed by atoms with Crippen molar-refractivity contribution < 1.29 is 32.9 Å². The van der Waals surface area contributed by atoms with Crippen LogP contribution in [-0.2, 0) is 18.4 Å². The fraction of sp³-hybridized carbons (Fsp3) is 0.958. The molecule has 0 rings (SSSR count). The van der Waals surface area contributed by atoms with Gasteiger partial charge in [-0.05, 0) is 19.3 Å². The number of hydrogen-bond donors (Lipinski definition) is 3. The summed E-state index contributed by atoms with van der Waals surface area (Å²) in [5.41, 5.74) is 0. The van der Waals surface area contributed by atoms with Gasteiger partial charge < -0.3 is 19.8 Å². The van der Waals surface area contributed by atoms with Gasteiger partial charge in [0.15, 0.2) is 0 Å². The molecule has 0 aromatic heterocycles. The molecule has 1 amide bonds. The number of nitrogens with zero attached hydrogens (tertiary/aromatic N) is 1. The quantitative estimate of drug-likeness (QED) is 0.0243. The Balaban J connectivity index is 3.84. The smallest absolute Gasteiger partial charge is 0.387 e. The molecule has 0 saturated heterocycles. The maximum atomic E-state index is 13.0. The SMILES string of the molecule is CCCCCCCCCCCCCCCCCC/C=C/C(O)C(COP(=O)(O)OCC[N+](C)(C)C)NC(=O)CCCCCCCCCCCCCCCCCCCCCCCCCCCCCCCCCCCCCCCCCCC. The molecule has 81 heavy (non-hydrogen) atoms. The number of nitrogens with one attached hydrogen (secondary N) is 1. The first kappa shape index (κ1) is 80.2. The number of phosphoric ester groups is 1. The number of aliphatic hydroxyl groups is 1. The predicted molar refractivity (Wildman–Crippen MR) is 355 cm³/mol. The molecule has 0 fully saturated rings. The van der Waals surface area contributed by atoms with Crippen LogP contribution in [-0.4, -0.2) is 73.4 Å². The van der Waals surface area contributed by atoms with Crippen LogP contribution in [0.3, 0.4) is 0 Å². The van der Waals surface area contributed by atoms with Gasteiger partial charge in [0.05, 0.1) is 39.9 Å². The maximum absolute atomic E-state index is 13.0. The Bertz CT molecular complexity index is 1320. The Hall–Kier alpha value is -0.760. The number of rotatable bonds is 69. The summed E-state index contributed by atoms with van der Waals surface area (Å²) in [6, 6.07) is -0.843. The van der Waals surface area contributed by atoms with Crippen LogP contribution in [0.15, 0.2) is 12.2 Å². The first-order chi connectivity index (χ1) is 39.5. The van der Waals surface area contributed by atoms with E-state index in [1.54, 1.807) is 6.08 Å². The molecule has 0 aliphatic rings. The van der Waals surface area contributed by atoms with Crippen molar-refractivity contribution in [3.8, 4) is 0 Å². The van der Waals surface area contributed by atoms with E-state index in [0.29, 0.717) is 17.4 Å². The number of likely N-dealkylation sites (N-methyl/N-ethyl adjacent to an activating group) is 1. The van der Waals surface area contributed by atoms with Crippen molar-refractivity contribution in [3.05, 3.63) is 12.2 Å². The topological polar surface area (TPSA) is 105 Å². The van der Waals surface area contributed by atoms with Gasteiger partial charge in [0.1, 0.15) is 13.2 Å². The van der Waals surface area contributed by atoms with Crippen molar-refractivity contribution in [1.82, 2.24) is 5.32 Å². The van der Waals surface area contributed by atoms with Gasteiger partial charge in [0.25, 0.3) is 0 Å². The second kappa shape index (κ2) is 63.7. The highest BCUT2D eigenvalue weighted by molar-refractivity contribution is 7.47. The molecule has 0 aromatic rings. The fourth-order valence-corrected chi connectivity index (χ4v) is 12.3. The van der Waals surface area contributed by atoms with Crippen LogP contribution in [0.1, 0.15) is 393 Å². The zero-order valence-electron chi connectivity index (χ0n) is 55.6. The van der Waals surface area contributed by atoms with Gasteiger partial charge in [-0.25, -0.2) is 4.57 Å². The van der Waals surface area contributed by atoms with Crippen molar-refractivity contribution in [2.75, 3.05) is 40.9 Å². The Kier molecular flexibility index (Phi) is 63.1. The lowest BCUT2D eigenvalue weighted by atomic mass is 10.0. The Morgan fingerprint density at radius 2 is 0.654 bits per heavy atom. The molecular formula is C72H146N2O6P+. The zero-order valence-corrected chi connectivity index (χ0v) is 56.5. The molecule has 0 aromatic carbocycles. The minimum Gasteiger partial charge on any atom is -0.387 e. The summed E-state index contributed by atoms with van der Waals surface area (Å²) < 4.78 is 23.8. The van der Waals surface area contributed by atoms with Crippen LogP contribution in [0.4, 0.5) is 0 Å². The van der Waals surface area contributed by atoms with Crippen molar-refractivity contribution in [1.29, 1.82) is 0 Å². The molecule has 0 saturated carbocycles. The summed E-state index contributed by atoms with van der Waals surface area (Å²) in [6.07, 6.45) is 82.5. The van der Waals surface area contributed by atoms with E-state index in [1.165, 1.54) is 340 Å². The van der Waals surface area contributed by atoms with Gasteiger partial charge in [0, 0.05) is 6.42 Å². The summed E-state index contributed by atoms with van der Waals surface area (Å²) >= 11 is 0. The standard InChI is InChI=1S/C72H145N2O6P/c1-6-8-10-12-14-16-18-20-22-24-26-27-28-29-30-31-32-33-34-35-36-37-38-39-40-41-42-43-44-45-46-47-48-50-52-54-56-58-60-62-64-66-72(76)73-70(69-80-81(77,78)79-68-67-74(3,4)5)71(75)65-63-61-59-57-55-53-51-49-25-23-21-19-17-15-13-11-9-7-2/h63,65,70-71,75H,6-62,64,66-69H2,1-5H3,(H-,73,76,77,78)/p+1/b65-63+. The molecule has 9 heteroatoms. The summed E-state index contributed by atoms with van der Waals surface area (Å²) in [4.78, 5) is 23.4. The van der Waals surface area contributed by atoms with Crippen LogP contribution in [0, 0.1) is 0 Å². The lowest BCUT2D eigenvalue weighted by Crippen LogP contribution is -2.45. The Labute approximate surface area is 507 Å². The summed E-state index contributed by atoms with van der Waals surface area (Å²) in [5.74, 6) is -0.167. The van der Waals surface area contributed by atoms with Crippen molar-refractivity contribution in [2.45, 2.75) is 405 Å². The van der Waals surface area contributed by atoms with Crippen molar-refractivity contribution >= 4 is 13.7 Å². The molecule has 3 N–H and O–H groups in total. The molecule has 0 bridgehead atoms. The average molecular weight is 1170 g/mol. The largest absolute Gasteiger partial charge is 0.472 e. The monoisotopic (exact) mass is 1170 g/mol. The van der Waals surface area contributed by atoms with Gasteiger partial charge in [0.2, 0.25) is 5.91 Å².